The van der Waals surface area contributed by atoms with Crippen LogP contribution in [0.15, 0.2) is 48.5 Å². The molecule has 1 heterocycles. The zero-order valence-corrected chi connectivity index (χ0v) is 12.6. The maximum absolute atomic E-state index is 11.0. The van der Waals surface area contributed by atoms with Crippen LogP contribution in [0.3, 0.4) is 0 Å². The van der Waals surface area contributed by atoms with Gasteiger partial charge in [-0.1, -0.05) is 36.4 Å². The minimum atomic E-state index is -0.893. The van der Waals surface area contributed by atoms with Crippen molar-refractivity contribution in [3.05, 3.63) is 70.8 Å². The van der Waals surface area contributed by atoms with Gasteiger partial charge in [0.2, 0.25) is 0 Å². The van der Waals surface area contributed by atoms with Crippen molar-refractivity contribution in [2.24, 2.45) is 5.73 Å². The Kier molecular flexibility index (Phi) is 3.96. The lowest BCUT2D eigenvalue weighted by Crippen LogP contribution is -2.39. The van der Waals surface area contributed by atoms with Gasteiger partial charge in [0.1, 0.15) is 0 Å². The molecule has 22 heavy (non-hydrogen) atoms. The number of carboxylic acids is 1. The average Bonchev–Trinajstić information content (AvgIpc) is 2.54. The topological polar surface area (TPSA) is 66.6 Å². The molecule has 0 radical (unpaired) electrons. The number of rotatable bonds is 3. The van der Waals surface area contributed by atoms with E-state index in [9.17, 15) is 4.79 Å². The third kappa shape index (κ3) is 2.51. The van der Waals surface area contributed by atoms with Gasteiger partial charge in [-0.3, -0.25) is 4.90 Å². The van der Waals surface area contributed by atoms with E-state index in [1.54, 1.807) is 12.1 Å². The summed E-state index contributed by atoms with van der Waals surface area (Å²) in [7, 11) is 2.09. The van der Waals surface area contributed by atoms with Crippen molar-refractivity contribution in [3.8, 4) is 0 Å². The van der Waals surface area contributed by atoms with Crippen LogP contribution in [-0.2, 0) is 0 Å². The van der Waals surface area contributed by atoms with E-state index >= 15 is 0 Å². The van der Waals surface area contributed by atoms with Gasteiger partial charge < -0.3 is 10.8 Å². The number of benzene rings is 2. The highest BCUT2D eigenvalue weighted by atomic mass is 16.4. The summed E-state index contributed by atoms with van der Waals surface area (Å²) in [6.07, 6.45) is 0. The smallest absolute Gasteiger partial charge is 0.335 e. The van der Waals surface area contributed by atoms with Crippen LogP contribution in [0.1, 0.15) is 39.0 Å². The normalized spacial score (nSPS) is 21.4. The Bertz CT molecular complexity index is 682. The number of hydrogen-bond acceptors (Lipinski definition) is 3. The van der Waals surface area contributed by atoms with Gasteiger partial charge in [0.05, 0.1) is 5.56 Å². The summed E-state index contributed by atoms with van der Waals surface area (Å²) in [4.78, 5) is 13.3. The summed E-state index contributed by atoms with van der Waals surface area (Å²) < 4.78 is 0. The van der Waals surface area contributed by atoms with E-state index in [1.165, 1.54) is 11.1 Å². The molecule has 3 N–H and O–H groups in total. The fourth-order valence-corrected chi connectivity index (χ4v) is 3.33. The van der Waals surface area contributed by atoms with Gasteiger partial charge >= 0.3 is 5.97 Å². The Balaban J connectivity index is 2.02. The van der Waals surface area contributed by atoms with E-state index in [1.807, 2.05) is 18.2 Å². The number of fused-ring (bicyclic) bond motifs is 1. The lowest BCUT2D eigenvalue weighted by molar-refractivity contribution is 0.0697. The molecule has 2 unspecified atom stereocenters. The van der Waals surface area contributed by atoms with Crippen molar-refractivity contribution in [1.82, 2.24) is 4.90 Å². The highest BCUT2D eigenvalue weighted by Gasteiger charge is 2.30. The molecule has 0 amide bonds. The molecule has 4 nitrogen and oxygen atoms in total. The minimum Gasteiger partial charge on any atom is -0.478 e. The quantitative estimate of drug-likeness (QED) is 0.913. The van der Waals surface area contributed by atoms with Crippen molar-refractivity contribution in [2.75, 3.05) is 20.1 Å². The van der Waals surface area contributed by atoms with Gasteiger partial charge in [-0.25, -0.2) is 4.79 Å². The maximum Gasteiger partial charge on any atom is 0.335 e. The van der Waals surface area contributed by atoms with Crippen LogP contribution in [0.5, 0.6) is 0 Å². The fourth-order valence-electron chi connectivity index (χ4n) is 3.33. The van der Waals surface area contributed by atoms with Crippen LogP contribution in [0.4, 0.5) is 0 Å². The maximum atomic E-state index is 11.0. The minimum absolute atomic E-state index is 0.241. The van der Waals surface area contributed by atoms with Gasteiger partial charge in [-0.15, -0.1) is 0 Å². The van der Waals surface area contributed by atoms with Gasteiger partial charge in [0.25, 0.3) is 0 Å². The predicted molar refractivity (Wildman–Crippen MR) is 86.1 cm³/mol. The molecule has 114 valence electrons. The molecule has 0 aliphatic carbocycles. The van der Waals surface area contributed by atoms with Crippen molar-refractivity contribution >= 4 is 5.97 Å². The van der Waals surface area contributed by atoms with E-state index in [0.717, 1.165) is 12.1 Å². The first-order valence-corrected chi connectivity index (χ1v) is 7.44. The molecule has 1 aliphatic heterocycles. The molecule has 0 saturated heterocycles. The molecule has 0 aromatic heterocycles. The summed E-state index contributed by atoms with van der Waals surface area (Å²) in [6.45, 7) is 1.48. The zero-order chi connectivity index (χ0) is 15.7. The van der Waals surface area contributed by atoms with Crippen molar-refractivity contribution in [1.29, 1.82) is 0 Å². The highest BCUT2D eigenvalue weighted by molar-refractivity contribution is 5.87. The second-order valence-corrected chi connectivity index (χ2v) is 5.80. The second-order valence-electron chi connectivity index (χ2n) is 5.80. The first-order valence-electron chi connectivity index (χ1n) is 7.44. The van der Waals surface area contributed by atoms with Crippen molar-refractivity contribution < 1.29 is 9.90 Å². The molecule has 3 rings (SSSR count). The molecule has 1 aliphatic rings. The summed E-state index contributed by atoms with van der Waals surface area (Å²) in [5.41, 5.74) is 9.96. The number of hydrogen-bond donors (Lipinski definition) is 2. The number of likely N-dealkylation sites (N-methyl/N-ethyl adjacent to an activating group) is 1. The van der Waals surface area contributed by atoms with Crippen molar-refractivity contribution in [2.45, 2.75) is 12.0 Å². The third-order valence-corrected chi connectivity index (χ3v) is 4.52. The molecule has 0 fully saturated rings. The standard InChI is InChI=1S/C18H20N2O2/c1-20-11-16(12-6-8-13(9-7-12)18(21)22)14-4-2-3-5-15(14)17(20)10-19/h2-9,16-17H,10-11,19H2,1H3,(H,21,22). The van der Waals surface area contributed by atoms with E-state index in [4.69, 9.17) is 10.8 Å². The second kappa shape index (κ2) is 5.91. The molecule has 0 bridgehead atoms. The van der Waals surface area contributed by atoms with Crippen LogP contribution < -0.4 is 5.73 Å². The first kappa shape index (κ1) is 14.8. The molecule has 2 aromatic rings. The molecule has 0 spiro atoms. The largest absolute Gasteiger partial charge is 0.478 e. The summed E-state index contributed by atoms with van der Waals surface area (Å²) in [5.74, 6) is -0.650. The highest BCUT2D eigenvalue weighted by Crippen LogP contribution is 2.38. The van der Waals surface area contributed by atoms with Crippen molar-refractivity contribution in [3.63, 3.8) is 0 Å². The van der Waals surface area contributed by atoms with Crippen LogP contribution in [0, 0.1) is 0 Å². The Hall–Kier alpha value is -2.17. The van der Waals surface area contributed by atoms with Gasteiger partial charge in [0, 0.05) is 25.0 Å². The summed E-state index contributed by atoms with van der Waals surface area (Å²) >= 11 is 0. The Labute approximate surface area is 130 Å². The first-order chi connectivity index (χ1) is 10.6. The SMILES string of the molecule is CN1CC(c2ccc(C(=O)O)cc2)c2ccccc2C1CN. The fraction of sp³-hybridized carbons (Fsp3) is 0.278. The van der Waals surface area contributed by atoms with Crippen LogP contribution in [0.2, 0.25) is 0 Å². The number of carboxylic acid groups (broad SMARTS) is 1. The molecule has 2 atom stereocenters. The summed E-state index contributed by atoms with van der Waals surface area (Å²) in [6, 6.07) is 15.8. The van der Waals surface area contributed by atoms with E-state index < -0.39 is 5.97 Å². The molecule has 4 heteroatoms. The Morgan fingerprint density at radius 3 is 2.41 bits per heavy atom. The van der Waals surface area contributed by atoms with E-state index in [-0.39, 0.29) is 12.0 Å². The summed E-state index contributed by atoms with van der Waals surface area (Å²) in [5, 5.41) is 9.03. The van der Waals surface area contributed by atoms with Gasteiger partial charge in [-0.05, 0) is 35.9 Å². The van der Waals surface area contributed by atoms with Crippen LogP contribution >= 0.6 is 0 Å². The average molecular weight is 296 g/mol. The van der Waals surface area contributed by atoms with Crippen LogP contribution in [-0.4, -0.2) is 36.1 Å². The number of aromatic carboxylic acids is 1. The zero-order valence-electron chi connectivity index (χ0n) is 12.6. The molecule has 2 aromatic carbocycles. The molecule has 0 saturated carbocycles. The third-order valence-electron chi connectivity index (χ3n) is 4.52. The Morgan fingerprint density at radius 1 is 1.18 bits per heavy atom. The number of nitrogens with two attached hydrogens (primary N) is 1. The van der Waals surface area contributed by atoms with E-state index in [2.05, 4.69) is 30.1 Å². The monoisotopic (exact) mass is 296 g/mol. The number of nitrogens with zero attached hydrogens (tertiary/aromatic N) is 1. The van der Waals surface area contributed by atoms with Gasteiger partial charge in [-0.2, -0.15) is 0 Å². The van der Waals surface area contributed by atoms with Gasteiger partial charge in [0.15, 0.2) is 0 Å². The Morgan fingerprint density at radius 2 is 1.82 bits per heavy atom. The van der Waals surface area contributed by atoms with E-state index in [0.29, 0.717) is 12.1 Å². The predicted octanol–water partition coefficient (Wildman–Crippen LogP) is 2.46. The van der Waals surface area contributed by atoms with Crippen LogP contribution in [0.25, 0.3) is 0 Å². The number of carbonyl (C=O) groups is 1. The lowest BCUT2D eigenvalue weighted by Gasteiger charge is -2.39. The molecular weight excluding hydrogens is 276 g/mol. The lowest BCUT2D eigenvalue weighted by atomic mass is 9.81. The molecular formula is C18H20N2O2.